The molecule has 1 heterocycles. The number of nitrogens with one attached hydrogen (secondary N) is 1. The van der Waals surface area contributed by atoms with Crippen LogP contribution in [0.25, 0.3) is 0 Å². The number of rotatable bonds is 6. The number of benzene rings is 1. The van der Waals surface area contributed by atoms with Crippen LogP contribution in [0.2, 0.25) is 0 Å². The van der Waals surface area contributed by atoms with Crippen LogP contribution >= 0.6 is 11.3 Å². The van der Waals surface area contributed by atoms with Gasteiger partial charge >= 0.3 is 6.61 Å². The van der Waals surface area contributed by atoms with E-state index in [1.807, 2.05) is 0 Å². The third-order valence-electron chi connectivity index (χ3n) is 2.42. The SMILES string of the molecule is O=S(=O)(Nc1ccccc1OC(F)F)c1cc(CO)cs1. The molecule has 0 fully saturated rings. The maximum absolute atomic E-state index is 12.3. The van der Waals surface area contributed by atoms with E-state index in [0.29, 0.717) is 5.56 Å². The van der Waals surface area contributed by atoms with E-state index in [2.05, 4.69) is 9.46 Å². The van der Waals surface area contributed by atoms with E-state index in [4.69, 9.17) is 5.11 Å². The minimum atomic E-state index is -3.93. The van der Waals surface area contributed by atoms with E-state index in [1.54, 1.807) is 0 Å². The summed E-state index contributed by atoms with van der Waals surface area (Å²) in [5.74, 6) is -0.269. The molecule has 21 heavy (non-hydrogen) atoms. The molecule has 9 heteroatoms. The lowest BCUT2D eigenvalue weighted by Crippen LogP contribution is -2.13. The van der Waals surface area contributed by atoms with Crippen molar-refractivity contribution in [3.05, 3.63) is 41.3 Å². The third kappa shape index (κ3) is 3.90. The summed E-state index contributed by atoms with van der Waals surface area (Å²) in [7, 11) is -3.93. The Morgan fingerprint density at radius 1 is 1.33 bits per heavy atom. The number of aliphatic hydroxyl groups is 1. The van der Waals surface area contributed by atoms with Crippen LogP contribution in [0.4, 0.5) is 14.5 Å². The van der Waals surface area contributed by atoms with Crippen LogP contribution in [0.1, 0.15) is 5.56 Å². The highest BCUT2D eigenvalue weighted by Gasteiger charge is 2.19. The maximum Gasteiger partial charge on any atom is 0.387 e. The van der Waals surface area contributed by atoms with Crippen molar-refractivity contribution >= 4 is 27.0 Å². The average Bonchev–Trinajstić information content (AvgIpc) is 2.90. The van der Waals surface area contributed by atoms with Gasteiger partial charge in [0, 0.05) is 0 Å². The number of halogens is 2. The van der Waals surface area contributed by atoms with Gasteiger partial charge in [-0.05, 0) is 29.1 Å². The number of ether oxygens (including phenoxy) is 1. The van der Waals surface area contributed by atoms with Crippen LogP contribution in [-0.2, 0) is 16.6 Å². The van der Waals surface area contributed by atoms with Gasteiger partial charge in [-0.25, -0.2) is 8.42 Å². The van der Waals surface area contributed by atoms with Crippen LogP contribution in [0, 0.1) is 0 Å². The number of thiophene rings is 1. The van der Waals surface area contributed by atoms with E-state index in [-0.39, 0.29) is 22.3 Å². The molecule has 0 spiro atoms. The number of aliphatic hydroxyl groups excluding tert-OH is 1. The largest absolute Gasteiger partial charge is 0.433 e. The summed E-state index contributed by atoms with van der Waals surface area (Å²) in [4.78, 5) is 0. The van der Waals surface area contributed by atoms with Crippen molar-refractivity contribution in [2.75, 3.05) is 4.72 Å². The van der Waals surface area contributed by atoms with E-state index >= 15 is 0 Å². The van der Waals surface area contributed by atoms with Gasteiger partial charge in [-0.2, -0.15) is 8.78 Å². The van der Waals surface area contributed by atoms with Crippen LogP contribution in [0.5, 0.6) is 5.75 Å². The molecule has 0 atom stereocenters. The average molecular weight is 335 g/mol. The van der Waals surface area contributed by atoms with Crippen molar-refractivity contribution in [2.45, 2.75) is 17.4 Å². The zero-order valence-corrected chi connectivity index (χ0v) is 12.1. The fourth-order valence-electron chi connectivity index (χ4n) is 1.52. The summed E-state index contributed by atoms with van der Waals surface area (Å²) < 4.78 is 55.3. The summed E-state index contributed by atoms with van der Waals surface area (Å²) in [6, 6.07) is 6.80. The summed E-state index contributed by atoms with van der Waals surface area (Å²) in [6.07, 6.45) is 0. The molecule has 2 N–H and O–H groups in total. The molecule has 0 aliphatic heterocycles. The van der Waals surface area contributed by atoms with Gasteiger partial charge in [0.1, 0.15) is 9.96 Å². The number of hydrogen-bond donors (Lipinski definition) is 2. The number of para-hydroxylation sites is 2. The van der Waals surface area contributed by atoms with Gasteiger partial charge in [0.2, 0.25) is 0 Å². The van der Waals surface area contributed by atoms with Crippen molar-refractivity contribution in [2.24, 2.45) is 0 Å². The zero-order valence-electron chi connectivity index (χ0n) is 10.5. The molecule has 2 aromatic rings. The van der Waals surface area contributed by atoms with E-state index in [0.717, 1.165) is 11.3 Å². The Balaban J connectivity index is 2.28. The zero-order chi connectivity index (χ0) is 15.5. The Bertz CT molecular complexity index is 716. The highest BCUT2D eigenvalue weighted by molar-refractivity contribution is 7.94. The molecular weight excluding hydrogens is 324 g/mol. The molecule has 5 nitrogen and oxygen atoms in total. The highest BCUT2D eigenvalue weighted by Crippen LogP contribution is 2.29. The summed E-state index contributed by atoms with van der Waals surface area (Å²) in [6.45, 7) is -3.34. The predicted octanol–water partition coefficient (Wildman–Crippen LogP) is 2.64. The molecule has 0 aliphatic carbocycles. The lowest BCUT2D eigenvalue weighted by molar-refractivity contribution is -0.0493. The number of alkyl halides is 2. The molecule has 0 unspecified atom stereocenters. The van der Waals surface area contributed by atoms with E-state index in [1.165, 1.54) is 35.7 Å². The van der Waals surface area contributed by atoms with Crippen molar-refractivity contribution in [3.63, 3.8) is 0 Å². The van der Waals surface area contributed by atoms with Gasteiger partial charge in [-0.3, -0.25) is 4.72 Å². The molecular formula is C12H11F2NO4S2. The van der Waals surface area contributed by atoms with Gasteiger partial charge in [-0.1, -0.05) is 12.1 Å². The van der Waals surface area contributed by atoms with Crippen LogP contribution in [0.15, 0.2) is 39.9 Å². The first-order chi connectivity index (χ1) is 9.92. The molecule has 0 amide bonds. The Hall–Kier alpha value is -1.71. The molecule has 0 bridgehead atoms. The monoisotopic (exact) mass is 335 g/mol. The number of anilines is 1. The molecule has 0 saturated carbocycles. The number of hydrogen-bond acceptors (Lipinski definition) is 5. The molecule has 0 aliphatic rings. The Kier molecular flexibility index (Phi) is 4.76. The lowest BCUT2D eigenvalue weighted by atomic mass is 10.3. The second-order valence-electron chi connectivity index (χ2n) is 3.91. The summed E-state index contributed by atoms with van der Waals surface area (Å²) in [5, 5.41) is 10.4. The first-order valence-corrected chi connectivity index (χ1v) is 8.03. The predicted molar refractivity (Wildman–Crippen MR) is 74.1 cm³/mol. The molecule has 0 radical (unpaired) electrons. The molecule has 1 aromatic carbocycles. The molecule has 0 saturated heterocycles. The van der Waals surface area contributed by atoms with Crippen LogP contribution in [0.3, 0.4) is 0 Å². The van der Waals surface area contributed by atoms with Gasteiger partial charge in [-0.15, -0.1) is 11.3 Å². The quantitative estimate of drug-likeness (QED) is 0.851. The van der Waals surface area contributed by atoms with E-state index < -0.39 is 16.6 Å². The third-order valence-corrected chi connectivity index (χ3v) is 5.28. The van der Waals surface area contributed by atoms with Gasteiger partial charge in [0.05, 0.1) is 12.3 Å². The van der Waals surface area contributed by atoms with E-state index in [9.17, 15) is 17.2 Å². The van der Waals surface area contributed by atoms with Gasteiger partial charge < -0.3 is 9.84 Å². The molecule has 1 aromatic heterocycles. The second kappa shape index (κ2) is 6.37. The maximum atomic E-state index is 12.3. The Morgan fingerprint density at radius 2 is 2.05 bits per heavy atom. The van der Waals surface area contributed by atoms with Crippen molar-refractivity contribution < 1.29 is 27.0 Å². The summed E-state index contributed by atoms with van der Waals surface area (Å²) >= 11 is 0.921. The van der Waals surface area contributed by atoms with Crippen molar-refractivity contribution in [1.29, 1.82) is 0 Å². The smallest absolute Gasteiger partial charge is 0.387 e. The van der Waals surface area contributed by atoms with Crippen molar-refractivity contribution in [1.82, 2.24) is 0 Å². The van der Waals surface area contributed by atoms with Crippen LogP contribution in [-0.4, -0.2) is 20.1 Å². The number of sulfonamides is 1. The molecule has 2 rings (SSSR count). The lowest BCUT2D eigenvalue weighted by Gasteiger charge is -2.12. The van der Waals surface area contributed by atoms with Crippen molar-refractivity contribution in [3.8, 4) is 5.75 Å². The van der Waals surface area contributed by atoms with Gasteiger partial charge in [0.25, 0.3) is 10.0 Å². The topological polar surface area (TPSA) is 75.6 Å². The first kappa shape index (κ1) is 15.7. The Labute approximate surface area is 123 Å². The first-order valence-electron chi connectivity index (χ1n) is 5.67. The highest BCUT2D eigenvalue weighted by atomic mass is 32.2. The van der Waals surface area contributed by atoms with Crippen LogP contribution < -0.4 is 9.46 Å². The normalized spacial score (nSPS) is 11.6. The fourth-order valence-corrected chi connectivity index (χ4v) is 3.79. The minimum absolute atomic E-state index is 0.0293. The molecule has 114 valence electrons. The van der Waals surface area contributed by atoms with Gasteiger partial charge in [0.15, 0.2) is 0 Å². The minimum Gasteiger partial charge on any atom is -0.433 e. The standard InChI is InChI=1S/C12H11F2NO4S2/c13-12(14)19-10-4-2-1-3-9(10)15-21(17,18)11-5-8(6-16)7-20-11/h1-5,7,12,15-16H,6H2. The Morgan fingerprint density at radius 3 is 2.67 bits per heavy atom. The second-order valence-corrected chi connectivity index (χ2v) is 6.73. The fraction of sp³-hybridized carbons (Fsp3) is 0.167. The summed E-state index contributed by atoms with van der Waals surface area (Å²) in [5.41, 5.74) is 0.370.